The summed E-state index contributed by atoms with van der Waals surface area (Å²) in [5.41, 5.74) is 3.10. The minimum absolute atomic E-state index is 0.0273. The molecule has 1 amide bonds. The monoisotopic (exact) mass is 376 g/mol. The molecule has 1 heterocycles. The van der Waals surface area contributed by atoms with Crippen molar-refractivity contribution in [3.8, 4) is 0 Å². The van der Waals surface area contributed by atoms with Gasteiger partial charge in [-0.05, 0) is 47.4 Å². The predicted octanol–water partition coefficient (Wildman–Crippen LogP) is 2.65. The van der Waals surface area contributed by atoms with Crippen molar-refractivity contribution in [3.05, 3.63) is 70.3 Å². The molecule has 25 heavy (non-hydrogen) atoms. The minimum atomic E-state index is -3.76. The van der Waals surface area contributed by atoms with Crippen LogP contribution in [0.15, 0.2) is 59.0 Å². The highest BCUT2D eigenvalue weighted by Gasteiger charge is 2.27. The number of nitrogens with two attached hydrogens (primary N) is 1. The molecule has 2 aromatic rings. The zero-order valence-corrected chi connectivity index (χ0v) is 15.1. The SMILES string of the molecule is CN1CCC(=C(c2ccc(Cl)cc2)c2ccc(S(N)(=O)=O)cc2)C1=O. The van der Waals surface area contributed by atoms with E-state index in [0.717, 1.165) is 16.7 Å². The molecule has 0 atom stereocenters. The van der Waals surface area contributed by atoms with Crippen molar-refractivity contribution in [3.63, 3.8) is 0 Å². The van der Waals surface area contributed by atoms with Crippen LogP contribution in [0.5, 0.6) is 0 Å². The highest BCUT2D eigenvalue weighted by atomic mass is 35.5. The van der Waals surface area contributed by atoms with Crippen molar-refractivity contribution < 1.29 is 13.2 Å². The number of likely N-dealkylation sites (tertiary alicyclic amines) is 1. The van der Waals surface area contributed by atoms with E-state index in [2.05, 4.69) is 0 Å². The Bertz CT molecular complexity index is 949. The van der Waals surface area contributed by atoms with Gasteiger partial charge < -0.3 is 4.90 Å². The largest absolute Gasteiger partial charge is 0.342 e. The Morgan fingerprint density at radius 2 is 1.56 bits per heavy atom. The van der Waals surface area contributed by atoms with Gasteiger partial charge in [0.1, 0.15) is 0 Å². The number of carbonyl (C=O) groups excluding carboxylic acids is 1. The van der Waals surface area contributed by atoms with Crippen molar-refractivity contribution in [2.24, 2.45) is 5.14 Å². The molecule has 2 aromatic carbocycles. The van der Waals surface area contributed by atoms with E-state index in [4.69, 9.17) is 16.7 Å². The van der Waals surface area contributed by atoms with E-state index in [9.17, 15) is 13.2 Å². The highest BCUT2D eigenvalue weighted by molar-refractivity contribution is 7.89. The van der Waals surface area contributed by atoms with Gasteiger partial charge in [-0.25, -0.2) is 13.6 Å². The van der Waals surface area contributed by atoms with Crippen LogP contribution in [0.2, 0.25) is 5.02 Å². The van der Waals surface area contributed by atoms with Crippen LogP contribution >= 0.6 is 11.6 Å². The van der Waals surface area contributed by atoms with E-state index in [1.165, 1.54) is 12.1 Å². The number of nitrogens with zero attached hydrogens (tertiary/aromatic N) is 1. The fraction of sp³-hybridized carbons (Fsp3) is 0.167. The number of hydrogen-bond acceptors (Lipinski definition) is 3. The van der Waals surface area contributed by atoms with E-state index in [-0.39, 0.29) is 10.8 Å². The molecule has 2 N–H and O–H groups in total. The van der Waals surface area contributed by atoms with E-state index >= 15 is 0 Å². The molecule has 0 unspecified atom stereocenters. The van der Waals surface area contributed by atoms with Gasteiger partial charge in [-0.15, -0.1) is 0 Å². The molecule has 1 saturated heterocycles. The summed E-state index contributed by atoms with van der Waals surface area (Å²) >= 11 is 5.97. The van der Waals surface area contributed by atoms with Crippen molar-refractivity contribution in [1.29, 1.82) is 0 Å². The van der Waals surface area contributed by atoms with Gasteiger partial charge in [0.2, 0.25) is 15.9 Å². The minimum Gasteiger partial charge on any atom is -0.342 e. The number of likely N-dealkylation sites (N-methyl/N-ethyl adjacent to an activating group) is 1. The lowest BCUT2D eigenvalue weighted by molar-refractivity contribution is -0.123. The van der Waals surface area contributed by atoms with Crippen LogP contribution in [0, 0.1) is 0 Å². The first kappa shape index (κ1) is 17.7. The maximum Gasteiger partial charge on any atom is 0.250 e. The molecule has 1 fully saturated rings. The van der Waals surface area contributed by atoms with Gasteiger partial charge in [0.15, 0.2) is 0 Å². The van der Waals surface area contributed by atoms with Gasteiger partial charge in [0.05, 0.1) is 4.90 Å². The Balaban J connectivity index is 2.17. The summed E-state index contributed by atoms with van der Waals surface area (Å²) in [4.78, 5) is 14.2. The second kappa shape index (κ2) is 6.63. The van der Waals surface area contributed by atoms with Crippen molar-refractivity contribution in [2.45, 2.75) is 11.3 Å². The summed E-state index contributed by atoms with van der Waals surface area (Å²) in [6.45, 7) is 0.653. The molecule has 7 heteroatoms. The van der Waals surface area contributed by atoms with Crippen LogP contribution in [0.25, 0.3) is 5.57 Å². The lowest BCUT2D eigenvalue weighted by Gasteiger charge is -2.13. The first-order valence-corrected chi connectivity index (χ1v) is 9.57. The summed E-state index contributed by atoms with van der Waals surface area (Å²) in [5, 5.41) is 5.76. The number of carbonyl (C=O) groups is 1. The number of hydrogen-bond donors (Lipinski definition) is 1. The van der Waals surface area contributed by atoms with Crippen LogP contribution in [0.1, 0.15) is 17.5 Å². The standard InChI is InChI=1S/C18H17ClN2O3S/c1-21-11-10-16(18(21)22)17(12-2-6-14(19)7-3-12)13-4-8-15(9-5-13)25(20,23)24/h2-9H,10-11H2,1H3,(H2,20,23,24). The third-order valence-corrected chi connectivity index (χ3v) is 5.39. The van der Waals surface area contributed by atoms with Crippen LogP contribution < -0.4 is 5.14 Å². The molecule has 0 radical (unpaired) electrons. The van der Waals surface area contributed by atoms with E-state index in [0.29, 0.717) is 23.6 Å². The van der Waals surface area contributed by atoms with Gasteiger partial charge in [0.25, 0.3) is 0 Å². The number of benzene rings is 2. The summed E-state index contributed by atoms with van der Waals surface area (Å²) in [6, 6.07) is 13.5. The van der Waals surface area contributed by atoms with Crippen LogP contribution in [0.4, 0.5) is 0 Å². The van der Waals surface area contributed by atoms with Gasteiger partial charge >= 0.3 is 0 Å². The van der Waals surface area contributed by atoms with Crippen LogP contribution in [0.3, 0.4) is 0 Å². The Morgan fingerprint density at radius 1 is 1.04 bits per heavy atom. The van der Waals surface area contributed by atoms with E-state index in [1.54, 1.807) is 36.2 Å². The molecule has 1 aliphatic heterocycles. The molecule has 130 valence electrons. The van der Waals surface area contributed by atoms with Gasteiger partial charge in [-0.1, -0.05) is 35.9 Å². The highest BCUT2D eigenvalue weighted by Crippen LogP contribution is 2.33. The second-order valence-corrected chi connectivity index (χ2v) is 7.90. The smallest absolute Gasteiger partial charge is 0.250 e. The van der Waals surface area contributed by atoms with Crippen molar-refractivity contribution >= 4 is 33.1 Å². The second-order valence-electron chi connectivity index (χ2n) is 5.91. The first-order valence-electron chi connectivity index (χ1n) is 7.65. The maximum absolute atomic E-state index is 12.5. The van der Waals surface area contributed by atoms with Crippen LogP contribution in [-0.4, -0.2) is 32.8 Å². The quantitative estimate of drug-likeness (QED) is 0.836. The fourth-order valence-electron chi connectivity index (χ4n) is 2.89. The number of rotatable bonds is 3. The molecule has 0 saturated carbocycles. The number of halogens is 1. The Labute approximate surface area is 151 Å². The number of primary sulfonamides is 1. The van der Waals surface area contributed by atoms with Crippen molar-refractivity contribution in [1.82, 2.24) is 4.90 Å². The topological polar surface area (TPSA) is 80.5 Å². The third-order valence-electron chi connectivity index (χ3n) is 4.21. The number of sulfonamides is 1. The van der Waals surface area contributed by atoms with E-state index in [1.807, 2.05) is 12.1 Å². The molecule has 0 spiro atoms. The molecule has 1 aliphatic rings. The fourth-order valence-corrected chi connectivity index (χ4v) is 3.53. The Kier molecular flexibility index (Phi) is 4.69. The van der Waals surface area contributed by atoms with Crippen LogP contribution in [-0.2, 0) is 14.8 Å². The van der Waals surface area contributed by atoms with Crippen molar-refractivity contribution in [2.75, 3.05) is 13.6 Å². The summed E-state index contributed by atoms with van der Waals surface area (Å²) < 4.78 is 22.9. The normalized spacial score (nSPS) is 17.1. The number of amides is 1. The maximum atomic E-state index is 12.5. The molecular weight excluding hydrogens is 360 g/mol. The van der Waals surface area contributed by atoms with E-state index < -0.39 is 10.0 Å². The van der Waals surface area contributed by atoms with Gasteiger partial charge in [-0.2, -0.15) is 0 Å². The Hall–Kier alpha value is -2.15. The molecule has 0 aliphatic carbocycles. The predicted molar refractivity (Wildman–Crippen MR) is 97.5 cm³/mol. The molecule has 0 bridgehead atoms. The first-order chi connectivity index (χ1) is 11.8. The van der Waals surface area contributed by atoms with Gasteiger partial charge in [0, 0.05) is 24.2 Å². The lowest BCUT2D eigenvalue weighted by Crippen LogP contribution is -2.19. The average molecular weight is 377 g/mol. The summed E-state index contributed by atoms with van der Waals surface area (Å²) in [7, 11) is -2.00. The Morgan fingerprint density at radius 3 is 2.00 bits per heavy atom. The zero-order chi connectivity index (χ0) is 18.2. The lowest BCUT2D eigenvalue weighted by atomic mass is 9.92. The molecular formula is C18H17ClN2O3S. The summed E-state index contributed by atoms with van der Waals surface area (Å²) in [6.07, 6.45) is 0.629. The molecule has 5 nitrogen and oxygen atoms in total. The summed E-state index contributed by atoms with van der Waals surface area (Å²) in [5.74, 6) is -0.0273. The third kappa shape index (κ3) is 3.61. The molecule has 3 rings (SSSR count). The molecule has 0 aromatic heterocycles. The zero-order valence-electron chi connectivity index (χ0n) is 13.6. The van der Waals surface area contributed by atoms with Gasteiger partial charge in [-0.3, -0.25) is 4.79 Å². The average Bonchev–Trinajstić information content (AvgIpc) is 2.89.